The third-order valence-corrected chi connectivity index (χ3v) is 3.54. The van der Waals surface area contributed by atoms with Gasteiger partial charge in [-0.15, -0.1) is 0 Å². The van der Waals surface area contributed by atoms with Crippen LogP contribution in [-0.4, -0.2) is 21.7 Å². The van der Waals surface area contributed by atoms with Gasteiger partial charge in [-0.1, -0.05) is 54.3 Å². The summed E-state index contributed by atoms with van der Waals surface area (Å²) >= 11 is 0. The number of hydrogen-bond donors (Lipinski definition) is 1. The summed E-state index contributed by atoms with van der Waals surface area (Å²) in [5.74, 6) is 6.88. The van der Waals surface area contributed by atoms with Crippen LogP contribution in [0.2, 0.25) is 0 Å². The van der Waals surface area contributed by atoms with Crippen LogP contribution in [0.1, 0.15) is 18.4 Å². The van der Waals surface area contributed by atoms with Gasteiger partial charge in [0.2, 0.25) is 0 Å². The van der Waals surface area contributed by atoms with Gasteiger partial charge in [0.15, 0.2) is 5.82 Å². The van der Waals surface area contributed by atoms with Crippen molar-refractivity contribution >= 4 is 0 Å². The average molecular weight is 314 g/mol. The molecule has 3 nitrogen and oxygen atoms in total. The Morgan fingerprint density at radius 3 is 2.58 bits per heavy atom. The topological polar surface area (TPSA) is 46.0 Å². The average Bonchev–Trinajstić information content (AvgIpc) is 2.66. The van der Waals surface area contributed by atoms with Gasteiger partial charge in [-0.3, -0.25) is 0 Å². The minimum atomic E-state index is 0.175. The molecule has 2 aromatic carbocycles. The van der Waals surface area contributed by atoms with Crippen LogP contribution in [0, 0.1) is 11.8 Å². The number of unbranched alkanes of at least 4 members (excludes halogenated alkanes) is 1. The van der Waals surface area contributed by atoms with Crippen molar-refractivity contribution in [3.05, 3.63) is 72.4 Å². The standard InChI is InChI=1S/C21H18N2O/c24-15-6-2-3-8-17-9-7-12-19(16-17)21-22-14-13-20(23-21)18-10-4-1-5-11-18/h1,4-5,7,9-14,16,24H,2,6,15H2. The summed E-state index contributed by atoms with van der Waals surface area (Å²) in [6.45, 7) is 0.175. The van der Waals surface area contributed by atoms with E-state index in [1.807, 2.05) is 60.7 Å². The first-order chi connectivity index (χ1) is 11.9. The van der Waals surface area contributed by atoms with E-state index in [4.69, 9.17) is 5.11 Å². The highest BCUT2D eigenvalue weighted by molar-refractivity contribution is 5.64. The Bertz CT molecular complexity index is 864. The van der Waals surface area contributed by atoms with Crippen molar-refractivity contribution in [2.45, 2.75) is 12.8 Å². The Balaban J connectivity index is 1.88. The zero-order valence-electron chi connectivity index (χ0n) is 13.3. The smallest absolute Gasteiger partial charge is 0.159 e. The number of nitrogens with zero attached hydrogens (tertiary/aromatic N) is 2. The molecule has 0 fully saturated rings. The van der Waals surface area contributed by atoms with Gasteiger partial charge in [0.05, 0.1) is 5.69 Å². The molecule has 1 aromatic heterocycles. The van der Waals surface area contributed by atoms with Gasteiger partial charge in [-0.25, -0.2) is 9.97 Å². The van der Waals surface area contributed by atoms with Gasteiger partial charge in [-0.2, -0.15) is 0 Å². The quantitative estimate of drug-likeness (QED) is 0.586. The molecule has 0 spiro atoms. The summed E-state index contributed by atoms with van der Waals surface area (Å²) in [7, 11) is 0. The fourth-order valence-corrected chi connectivity index (χ4v) is 2.34. The largest absolute Gasteiger partial charge is 0.396 e. The normalized spacial score (nSPS) is 10.0. The Labute approximate surface area is 142 Å². The summed E-state index contributed by atoms with van der Waals surface area (Å²) in [5, 5.41) is 8.79. The van der Waals surface area contributed by atoms with Gasteiger partial charge < -0.3 is 5.11 Å². The molecule has 0 unspecified atom stereocenters. The number of aromatic nitrogens is 2. The monoisotopic (exact) mass is 314 g/mol. The molecule has 0 atom stereocenters. The number of hydrogen-bond acceptors (Lipinski definition) is 3. The van der Waals surface area contributed by atoms with Crippen LogP contribution in [0.15, 0.2) is 66.9 Å². The van der Waals surface area contributed by atoms with E-state index in [1.165, 1.54) is 0 Å². The molecule has 1 heterocycles. The maximum atomic E-state index is 8.79. The molecule has 3 aromatic rings. The summed E-state index contributed by atoms with van der Waals surface area (Å²) in [6.07, 6.45) is 3.18. The van der Waals surface area contributed by atoms with Crippen molar-refractivity contribution < 1.29 is 5.11 Å². The third-order valence-electron chi connectivity index (χ3n) is 3.54. The van der Waals surface area contributed by atoms with E-state index >= 15 is 0 Å². The van der Waals surface area contributed by atoms with Gasteiger partial charge in [-0.05, 0) is 24.6 Å². The van der Waals surface area contributed by atoms with Gasteiger partial charge in [0.1, 0.15) is 0 Å². The molecule has 0 aliphatic heterocycles. The zero-order chi connectivity index (χ0) is 16.6. The van der Waals surface area contributed by atoms with Crippen LogP contribution < -0.4 is 0 Å². The first-order valence-electron chi connectivity index (χ1n) is 7.95. The van der Waals surface area contributed by atoms with Crippen LogP contribution in [-0.2, 0) is 0 Å². The van der Waals surface area contributed by atoms with Crippen LogP contribution in [0.25, 0.3) is 22.6 Å². The summed E-state index contributed by atoms with van der Waals surface area (Å²) in [5.41, 5.74) is 3.85. The minimum absolute atomic E-state index is 0.175. The van der Waals surface area contributed by atoms with Crippen molar-refractivity contribution in [2.75, 3.05) is 6.61 Å². The molecular weight excluding hydrogens is 296 g/mol. The van der Waals surface area contributed by atoms with Crippen LogP contribution in [0.5, 0.6) is 0 Å². The van der Waals surface area contributed by atoms with E-state index in [1.54, 1.807) is 6.20 Å². The molecule has 0 amide bonds. The molecular formula is C21H18N2O. The highest BCUT2D eigenvalue weighted by Crippen LogP contribution is 2.21. The summed E-state index contributed by atoms with van der Waals surface area (Å²) < 4.78 is 0. The maximum Gasteiger partial charge on any atom is 0.159 e. The van der Waals surface area contributed by atoms with E-state index in [9.17, 15) is 0 Å². The fourth-order valence-electron chi connectivity index (χ4n) is 2.34. The number of aliphatic hydroxyl groups excluding tert-OH is 1. The third kappa shape index (κ3) is 4.07. The number of benzene rings is 2. The molecule has 3 heteroatoms. The minimum Gasteiger partial charge on any atom is -0.396 e. The summed E-state index contributed by atoms with van der Waals surface area (Å²) in [6, 6.07) is 19.9. The zero-order valence-corrected chi connectivity index (χ0v) is 13.3. The summed E-state index contributed by atoms with van der Waals surface area (Å²) in [4.78, 5) is 9.07. The van der Waals surface area contributed by atoms with Crippen molar-refractivity contribution in [1.82, 2.24) is 9.97 Å². The second-order valence-corrected chi connectivity index (χ2v) is 5.34. The van der Waals surface area contributed by atoms with E-state index in [0.717, 1.165) is 22.4 Å². The van der Waals surface area contributed by atoms with E-state index in [2.05, 4.69) is 21.8 Å². The van der Waals surface area contributed by atoms with Gasteiger partial charge >= 0.3 is 0 Å². The Morgan fingerprint density at radius 2 is 1.75 bits per heavy atom. The first-order valence-corrected chi connectivity index (χ1v) is 7.95. The first kappa shape index (κ1) is 15.9. The van der Waals surface area contributed by atoms with Crippen molar-refractivity contribution in [3.8, 4) is 34.5 Å². The molecule has 0 saturated carbocycles. The van der Waals surface area contributed by atoms with Crippen molar-refractivity contribution in [2.24, 2.45) is 0 Å². The van der Waals surface area contributed by atoms with Gasteiger partial charge in [0, 0.05) is 35.9 Å². The fraction of sp³-hybridized carbons (Fsp3) is 0.143. The number of aliphatic hydroxyl groups is 1. The second-order valence-electron chi connectivity index (χ2n) is 5.34. The highest BCUT2D eigenvalue weighted by Gasteiger charge is 2.04. The Morgan fingerprint density at radius 1 is 0.917 bits per heavy atom. The second kappa shape index (κ2) is 8.05. The molecule has 0 bridgehead atoms. The number of rotatable bonds is 4. The lowest BCUT2D eigenvalue weighted by Crippen LogP contribution is -1.92. The lowest BCUT2D eigenvalue weighted by molar-refractivity contribution is 0.290. The van der Waals surface area contributed by atoms with Crippen LogP contribution in [0.4, 0.5) is 0 Å². The maximum absolute atomic E-state index is 8.79. The molecule has 0 radical (unpaired) electrons. The SMILES string of the molecule is OCCCC#Cc1cccc(-c2nccc(-c3ccccc3)n2)c1. The Hall–Kier alpha value is -2.96. The van der Waals surface area contributed by atoms with E-state index in [-0.39, 0.29) is 6.61 Å². The van der Waals surface area contributed by atoms with Crippen LogP contribution >= 0.6 is 0 Å². The predicted octanol–water partition coefficient (Wildman–Crippen LogP) is 3.93. The van der Waals surface area contributed by atoms with Crippen molar-refractivity contribution in [1.29, 1.82) is 0 Å². The van der Waals surface area contributed by atoms with E-state index < -0.39 is 0 Å². The predicted molar refractivity (Wildman–Crippen MR) is 96.1 cm³/mol. The lowest BCUT2D eigenvalue weighted by Gasteiger charge is -2.04. The molecule has 0 saturated heterocycles. The van der Waals surface area contributed by atoms with Crippen LogP contribution in [0.3, 0.4) is 0 Å². The van der Waals surface area contributed by atoms with Crippen molar-refractivity contribution in [3.63, 3.8) is 0 Å². The lowest BCUT2D eigenvalue weighted by atomic mass is 10.1. The molecule has 1 N–H and O–H groups in total. The highest BCUT2D eigenvalue weighted by atomic mass is 16.2. The van der Waals surface area contributed by atoms with E-state index in [0.29, 0.717) is 18.7 Å². The molecule has 0 aliphatic rings. The molecule has 0 aliphatic carbocycles. The Kier molecular flexibility index (Phi) is 5.34. The van der Waals surface area contributed by atoms with Gasteiger partial charge in [0.25, 0.3) is 0 Å². The molecule has 3 rings (SSSR count). The molecule has 118 valence electrons. The molecule has 24 heavy (non-hydrogen) atoms.